The average Bonchev–Trinajstić information content (AvgIpc) is 2.70. The zero-order chi connectivity index (χ0) is 20.3. The monoisotopic (exact) mass is 584 g/mol. The highest BCUT2D eigenvalue weighted by atomic mass is 79.9. The van der Waals surface area contributed by atoms with Gasteiger partial charge in [-0.15, -0.1) is 0 Å². The predicted octanol–water partition coefficient (Wildman–Crippen LogP) is 6.88. The van der Waals surface area contributed by atoms with Gasteiger partial charge in [0, 0.05) is 18.7 Å². The van der Waals surface area contributed by atoms with Crippen molar-refractivity contribution in [2.45, 2.75) is 14.1 Å². The number of carbonyl (C=O) groups is 1. The molecular weight excluding hydrogens is 572 g/mol. The lowest BCUT2D eigenvalue weighted by Gasteiger charge is -2.27. The number of hydrogen-bond acceptors (Lipinski definition) is 4. The first-order valence-corrected chi connectivity index (χ1v) is 11.3. The molecule has 0 aliphatic rings. The van der Waals surface area contributed by atoms with Crippen LogP contribution in [0.25, 0.3) is 0 Å². The van der Waals surface area contributed by atoms with Gasteiger partial charge in [-0.3, -0.25) is 0 Å². The van der Waals surface area contributed by atoms with Gasteiger partial charge in [0.15, 0.2) is 4.32 Å². The molecule has 0 saturated carbocycles. The minimum absolute atomic E-state index is 0.231. The summed E-state index contributed by atoms with van der Waals surface area (Å²) in [5, 5.41) is 9.44. The summed E-state index contributed by atoms with van der Waals surface area (Å²) in [7, 11) is 1.37. The third-order valence-electron chi connectivity index (χ3n) is 4.11. The van der Waals surface area contributed by atoms with Crippen LogP contribution in [0, 0.1) is 0 Å². The number of phenols is 1. The van der Waals surface area contributed by atoms with Crippen LogP contribution in [0.5, 0.6) is 5.75 Å². The van der Waals surface area contributed by atoms with Crippen LogP contribution in [0.3, 0.4) is 0 Å². The fourth-order valence-corrected chi connectivity index (χ4v) is 5.75. The zero-order valence-corrected chi connectivity index (χ0v) is 20.2. The highest BCUT2D eigenvalue weighted by molar-refractivity contribution is 9.11. The second kappa shape index (κ2) is 9.03. The Morgan fingerprint density at radius 2 is 1.68 bits per heavy atom. The van der Waals surface area contributed by atoms with Crippen LogP contribution in [0.1, 0.15) is 11.1 Å². The summed E-state index contributed by atoms with van der Waals surface area (Å²) in [6.45, 7) is 0. The minimum Gasteiger partial charge on any atom is -0.508 e. The average molecular weight is 587 g/mol. The van der Waals surface area contributed by atoms with Gasteiger partial charge in [-0.1, -0.05) is 67.9 Å². The van der Waals surface area contributed by atoms with Crippen molar-refractivity contribution in [1.82, 2.24) is 0 Å². The second-order valence-electron chi connectivity index (χ2n) is 5.87. The van der Waals surface area contributed by atoms with Crippen molar-refractivity contribution < 1.29 is 14.6 Å². The molecule has 28 heavy (non-hydrogen) atoms. The number of carbonyl (C=O) groups excluding carboxylic acids is 1. The fraction of sp³-hybridized carbons (Fsp3) is 0.0952. The summed E-state index contributed by atoms with van der Waals surface area (Å²) in [4.78, 5) is 14.8. The van der Waals surface area contributed by atoms with E-state index in [9.17, 15) is 9.90 Å². The largest absolute Gasteiger partial charge is 0.508 e. The van der Waals surface area contributed by atoms with Gasteiger partial charge < -0.3 is 9.84 Å². The predicted molar refractivity (Wildman–Crippen MR) is 122 cm³/mol. The summed E-state index contributed by atoms with van der Waals surface area (Å²) < 4.78 is 5.61. The van der Waals surface area contributed by atoms with E-state index in [1.54, 1.807) is 23.9 Å². The standard InChI is InChI=1S/C21H15Br3O3S/c1-27-20(26)21(24,16-4-2-3-5-17(16)22)13-6-11-19(18(23)12-13)28-15-9-7-14(25)8-10-15/h2-12,25H,1H3. The number of alkyl halides is 1. The Balaban J connectivity index is 2.03. The Morgan fingerprint density at radius 3 is 2.29 bits per heavy atom. The third kappa shape index (κ3) is 4.32. The number of halogens is 3. The molecule has 1 atom stereocenters. The first kappa shape index (κ1) is 21.4. The number of aromatic hydroxyl groups is 1. The van der Waals surface area contributed by atoms with Crippen molar-refractivity contribution in [1.29, 1.82) is 0 Å². The topological polar surface area (TPSA) is 46.5 Å². The third-order valence-corrected chi connectivity index (χ3v) is 8.01. The van der Waals surface area contributed by atoms with Gasteiger partial charge >= 0.3 is 5.97 Å². The number of benzene rings is 3. The van der Waals surface area contributed by atoms with E-state index in [2.05, 4.69) is 47.8 Å². The van der Waals surface area contributed by atoms with Gasteiger partial charge in [-0.25, -0.2) is 4.79 Å². The number of methoxy groups -OCH3 is 1. The number of esters is 1. The molecule has 0 aliphatic heterocycles. The van der Waals surface area contributed by atoms with Crippen molar-refractivity contribution in [3.05, 3.63) is 86.8 Å². The first-order chi connectivity index (χ1) is 13.4. The molecule has 0 aliphatic carbocycles. The molecule has 0 radical (unpaired) electrons. The molecule has 0 fully saturated rings. The van der Waals surface area contributed by atoms with Gasteiger partial charge in [0.1, 0.15) is 5.75 Å². The molecule has 7 heteroatoms. The second-order valence-corrected chi connectivity index (χ2v) is 9.88. The van der Waals surface area contributed by atoms with Gasteiger partial charge in [-0.05, 0) is 69.5 Å². The summed E-state index contributed by atoms with van der Waals surface area (Å²) in [6, 6.07) is 20.3. The molecule has 0 amide bonds. The van der Waals surface area contributed by atoms with E-state index in [4.69, 9.17) is 4.74 Å². The van der Waals surface area contributed by atoms with Crippen molar-refractivity contribution in [2.75, 3.05) is 7.11 Å². The van der Waals surface area contributed by atoms with Crippen molar-refractivity contribution >= 4 is 65.5 Å². The van der Waals surface area contributed by atoms with Crippen LogP contribution < -0.4 is 0 Å². The maximum atomic E-state index is 12.8. The van der Waals surface area contributed by atoms with Crippen LogP contribution in [0.2, 0.25) is 0 Å². The number of hydrogen-bond donors (Lipinski definition) is 1. The highest BCUT2D eigenvalue weighted by Gasteiger charge is 2.42. The Bertz CT molecular complexity index is 1010. The Kier molecular flexibility index (Phi) is 6.91. The normalized spacial score (nSPS) is 13.0. The molecule has 144 valence electrons. The first-order valence-electron chi connectivity index (χ1n) is 8.15. The van der Waals surface area contributed by atoms with Crippen LogP contribution in [-0.4, -0.2) is 18.2 Å². The van der Waals surface area contributed by atoms with E-state index in [1.165, 1.54) is 7.11 Å². The molecule has 0 saturated heterocycles. The number of ether oxygens (including phenoxy) is 1. The summed E-state index contributed by atoms with van der Waals surface area (Å²) in [5.41, 5.74) is 1.50. The maximum absolute atomic E-state index is 12.8. The molecule has 3 aromatic carbocycles. The van der Waals surface area contributed by atoms with Crippen LogP contribution in [0.4, 0.5) is 0 Å². The van der Waals surface area contributed by atoms with Crippen LogP contribution in [-0.2, 0) is 13.9 Å². The molecule has 1 N–H and O–H groups in total. The van der Waals surface area contributed by atoms with Gasteiger partial charge in [-0.2, -0.15) is 0 Å². The molecule has 0 heterocycles. The van der Waals surface area contributed by atoms with Gasteiger partial charge in [0.05, 0.1) is 7.11 Å². The lowest BCUT2D eigenvalue weighted by molar-refractivity contribution is -0.142. The molecular formula is C21H15Br3O3S. The molecule has 3 rings (SSSR count). The SMILES string of the molecule is COC(=O)C(Br)(c1ccc(Sc2ccc(O)cc2)c(Br)c1)c1ccccc1Br. The van der Waals surface area contributed by atoms with E-state index in [0.717, 1.165) is 29.9 Å². The van der Waals surface area contributed by atoms with Crippen molar-refractivity contribution in [3.63, 3.8) is 0 Å². The van der Waals surface area contributed by atoms with E-state index in [-0.39, 0.29) is 5.75 Å². The molecule has 0 aromatic heterocycles. The van der Waals surface area contributed by atoms with E-state index < -0.39 is 10.3 Å². The van der Waals surface area contributed by atoms with Gasteiger partial charge in [0.2, 0.25) is 0 Å². The van der Waals surface area contributed by atoms with E-state index >= 15 is 0 Å². The quantitative estimate of drug-likeness (QED) is 0.261. The zero-order valence-electron chi connectivity index (χ0n) is 14.7. The van der Waals surface area contributed by atoms with Crippen LogP contribution >= 0.6 is 59.6 Å². The summed E-state index contributed by atoms with van der Waals surface area (Å²) in [6.07, 6.45) is 0. The lowest BCUT2D eigenvalue weighted by atomic mass is 9.91. The number of rotatable bonds is 5. The molecule has 0 spiro atoms. The van der Waals surface area contributed by atoms with Gasteiger partial charge in [0.25, 0.3) is 0 Å². The summed E-state index contributed by atoms with van der Waals surface area (Å²) in [5.74, 6) is -0.181. The Morgan fingerprint density at radius 1 is 1.00 bits per heavy atom. The van der Waals surface area contributed by atoms with Crippen molar-refractivity contribution in [3.8, 4) is 5.75 Å². The van der Waals surface area contributed by atoms with Crippen molar-refractivity contribution in [2.24, 2.45) is 0 Å². The van der Waals surface area contributed by atoms with Crippen LogP contribution in [0.15, 0.2) is 85.5 Å². The molecule has 1 unspecified atom stereocenters. The maximum Gasteiger partial charge on any atom is 0.331 e. The lowest BCUT2D eigenvalue weighted by Crippen LogP contribution is -2.32. The fourth-order valence-electron chi connectivity index (χ4n) is 2.70. The Hall–Kier alpha value is -1.28. The van der Waals surface area contributed by atoms with E-state index in [1.807, 2.05) is 54.6 Å². The Labute approximate surface area is 192 Å². The number of phenolic OH excluding ortho intramolecular Hbond substituents is 1. The molecule has 3 aromatic rings. The molecule has 3 nitrogen and oxygen atoms in total. The minimum atomic E-state index is -1.15. The van der Waals surface area contributed by atoms with E-state index in [0.29, 0.717) is 0 Å². The highest BCUT2D eigenvalue weighted by Crippen LogP contribution is 2.45. The smallest absolute Gasteiger partial charge is 0.331 e. The molecule has 0 bridgehead atoms. The summed E-state index contributed by atoms with van der Waals surface area (Å²) >= 11 is 12.4.